The van der Waals surface area contributed by atoms with E-state index in [1.54, 1.807) is 26.8 Å². The molecule has 0 saturated heterocycles. The Morgan fingerprint density at radius 3 is 2.50 bits per heavy atom. The molecule has 3 rings (SSSR count). The van der Waals surface area contributed by atoms with Gasteiger partial charge in [0.25, 0.3) is 0 Å². The molecule has 0 radical (unpaired) electrons. The zero-order chi connectivity index (χ0) is 20.7. The molecule has 28 heavy (non-hydrogen) atoms. The Labute approximate surface area is 158 Å². The molecule has 0 fully saturated rings. The minimum atomic E-state index is -4.62. The van der Waals surface area contributed by atoms with Gasteiger partial charge in [0.2, 0.25) is 5.91 Å². The number of aromatic nitrogens is 3. The van der Waals surface area contributed by atoms with Crippen LogP contribution in [0.4, 0.5) is 18.9 Å². The Morgan fingerprint density at radius 2 is 1.89 bits per heavy atom. The smallest absolute Gasteiger partial charge is 0.325 e. The van der Waals surface area contributed by atoms with Gasteiger partial charge in [0.15, 0.2) is 11.3 Å². The summed E-state index contributed by atoms with van der Waals surface area (Å²) in [5.41, 5.74) is -0.783. The first-order chi connectivity index (χ1) is 13.0. The molecule has 2 aromatic heterocycles. The topological polar surface area (TPSA) is 83.1 Å². The zero-order valence-electron chi connectivity index (χ0n) is 15.3. The molecule has 2 heterocycles. The third-order valence-corrected chi connectivity index (χ3v) is 3.98. The zero-order valence-corrected chi connectivity index (χ0v) is 15.3. The fourth-order valence-electron chi connectivity index (χ4n) is 2.44. The second-order valence-electron chi connectivity index (χ2n) is 7.22. The van der Waals surface area contributed by atoms with Crippen LogP contribution >= 0.6 is 0 Å². The molecule has 3 aromatic rings. The third kappa shape index (κ3) is 3.81. The number of hydrogen-bond acceptors (Lipinski definition) is 4. The van der Waals surface area contributed by atoms with Gasteiger partial charge in [0.1, 0.15) is 6.07 Å². The number of anilines is 1. The average Bonchev–Trinajstić information content (AvgIpc) is 3.02. The van der Waals surface area contributed by atoms with Crippen molar-refractivity contribution in [1.29, 1.82) is 5.26 Å². The number of halogens is 3. The van der Waals surface area contributed by atoms with E-state index in [0.717, 1.165) is 6.07 Å². The van der Waals surface area contributed by atoms with Crippen molar-refractivity contribution in [3.8, 4) is 17.3 Å². The Hall–Kier alpha value is -3.41. The van der Waals surface area contributed by atoms with Crippen molar-refractivity contribution < 1.29 is 18.0 Å². The molecule has 6 nitrogen and oxygen atoms in total. The number of benzene rings is 1. The van der Waals surface area contributed by atoms with Crippen LogP contribution in [0.25, 0.3) is 16.9 Å². The van der Waals surface area contributed by atoms with Gasteiger partial charge in [-0.1, -0.05) is 26.8 Å². The monoisotopic (exact) mass is 387 g/mol. The highest BCUT2D eigenvalue weighted by Gasteiger charge is 2.35. The van der Waals surface area contributed by atoms with Crippen LogP contribution in [0.3, 0.4) is 0 Å². The van der Waals surface area contributed by atoms with Gasteiger partial charge < -0.3 is 5.32 Å². The lowest BCUT2D eigenvalue weighted by atomic mass is 9.95. The molecule has 1 amide bonds. The van der Waals surface area contributed by atoms with Crippen LogP contribution in [0.1, 0.15) is 32.0 Å². The second kappa shape index (κ2) is 6.64. The number of imidazole rings is 1. The van der Waals surface area contributed by atoms with Crippen LogP contribution in [-0.4, -0.2) is 20.5 Å². The quantitative estimate of drug-likeness (QED) is 0.712. The Morgan fingerprint density at radius 1 is 1.18 bits per heavy atom. The predicted molar refractivity (Wildman–Crippen MR) is 96.2 cm³/mol. The normalized spacial score (nSPS) is 12.0. The van der Waals surface area contributed by atoms with Crippen LogP contribution < -0.4 is 5.32 Å². The fraction of sp³-hybridized carbons (Fsp3) is 0.263. The van der Waals surface area contributed by atoms with Crippen molar-refractivity contribution in [3.05, 3.63) is 47.8 Å². The first-order valence-corrected chi connectivity index (χ1v) is 8.28. The lowest BCUT2D eigenvalue weighted by Crippen LogP contribution is -2.28. The molecule has 0 saturated carbocycles. The van der Waals surface area contributed by atoms with E-state index in [9.17, 15) is 18.0 Å². The van der Waals surface area contributed by atoms with Gasteiger partial charge in [-0.2, -0.15) is 23.5 Å². The van der Waals surface area contributed by atoms with E-state index in [4.69, 9.17) is 5.26 Å². The maximum absolute atomic E-state index is 13.4. The van der Waals surface area contributed by atoms with Crippen LogP contribution in [0.5, 0.6) is 0 Å². The maximum atomic E-state index is 13.4. The van der Waals surface area contributed by atoms with Crippen LogP contribution in [0, 0.1) is 16.7 Å². The van der Waals surface area contributed by atoms with Crippen LogP contribution in [0.2, 0.25) is 0 Å². The van der Waals surface area contributed by atoms with Crippen molar-refractivity contribution in [2.24, 2.45) is 5.41 Å². The van der Waals surface area contributed by atoms with Gasteiger partial charge in [0.05, 0.1) is 23.1 Å². The lowest BCUT2D eigenvalue weighted by Gasteiger charge is -2.20. The molecule has 0 bridgehead atoms. The highest BCUT2D eigenvalue weighted by molar-refractivity contribution is 5.96. The Balaban J connectivity index is 2.09. The fourth-order valence-corrected chi connectivity index (χ4v) is 2.44. The van der Waals surface area contributed by atoms with Gasteiger partial charge in [0, 0.05) is 11.0 Å². The van der Waals surface area contributed by atoms with Gasteiger partial charge in [-0.05, 0) is 24.3 Å². The Bertz CT molecular complexity index is 1100. The first kappa shape index (κ1) is 19.4. The van der Waals surface area contributed by atoms with Crippen molar-refractivity contribution in [2.75, 3.05) is 5.32 Å². The van der Waals surface area contributed by atoms with Crippen LogP contribution in [-0.2, 0) is 11.0 Å². The number of alkyl halides is 3. The van der Waals surface area contributed by atoms with E-state index in [1.165, 1.54) is 28.9 Å². The number of nitrogens with zero attached hydrogens (tertiary/aromatic N) is 4. The summed E-state index contributed by atoms with van der Waals surface area (Å²) >= 11 is 0. The van der Waals surface area contributed by atoms with Gasteiger partial charge >= 0.3 is 6.18 Å². The SMILES string of the molecule is CC(C)(C)C(=O)Nc1cc(-c2cn3nc(C#N)ccc3n2)ccc1C(F)(F)F. The molecule has 0 aliphatic carbocycles. The summed E-state index contributed by atoms with van der Waals surface area (Å²) in [6.07, 6.45) is -3.12. The molecule has 144 valence electrons. The van der Waals surface area contributed by atoms with Gasteiger partial charge in [-0.3, -0.25) is 4.79 Å². The van der Waals surface area contributed by atoms with E-state index in [-0.39, 0.29) is 11.4 Å². The summed E-state index contributed by atoms with van der Waals surface area (Å²) in [6.45, 7) is 4.83. The average molecular weight is 387 g/mol. The number of carbonyl (C=O) groups excluding carboxylic acids is 1. The van der Waals surface area contributed by atoms with Crippen molar-refractivity contribution in [2.45, 2.75) is 26.9 Å². The standard InChI is InChI=1S/C19H16F3N5O/c1-18(2,3)17(28)25-14-8-11(4-6-13(14)19(20,21)22)15-10-27-16(24-15)7-5-12(9-23)26-27/h4-8,10H,1-3H3,(H,25,28). The summed E-state index contributed by atoms with van der Waals surface area (Å²) in [7, 11) is 0. The number of fused-ring (bicyclic) bond motifs is 1. The minimum Gasteiger partial charge on any atom is -0.325 e. The van der Waals surface area contributed by atoms with E-state index < -0.39 is 23.1 Å². The summed E-state index contributed by atoms with van der Waals surface area (Å²) in [4.78, 5) is 16.5. The summed E-state index contributed by atoms with van der Waals surface area (Å²) in [5.74, 6) is -0.537. The summed E-state index contributed by atoms with van der Waals surface area (Å²) in [6, 6.07) is 8.41. The number of nitriles is 1. The van der Waals surface area contributed by atoms with Crippen LogP contribution in [0.15, 0.2) is 36.5 Å². The summed E-state index contributed by atoms with van der Waals surface area (Å²) < 4.78 is 41.5. The largest absolute Gasteiger partial charge is 0.418 e. The second-order valence-corrected chi connectivity index (χ2v) is 7.22. The maximum Gasteiger partial charge on any atom is 0.418 e. The number of hydrogen-bond donors (Lipinski definition) is 1. The molecule has 1 N–H and O–H groups in total. The number of amides is 1. The van der Waals surface area contributed by atoms with E-state index >= 15 is 0 Å². The van der Waals surface area contributed by atoms with Crippen molar-refractivity contribution >= 4 is 17.2 Å². The Kier molecular flexibility index (Phi) is 4.59. The highest BCUT2D eigenvalue weighted by Crippen LogP contribution is 2.37. The molecule has 0 aliphatic heterocycles. The molecule has 9 heteroatoms. The molecule has 0 unspecified atom stereocenters. The van der Waals surface area contributed by atoms with E-state index in [2.05, 4.69) is 15.4 Å². The summed E-state index contributed by atoms with van der Waals surface area (Å²) in [5, 5.41) is 15.3. The molecular formula is C19H16F3N5O. The minimum absolute atomic E-state index is 0.182. The molecule has 0 spiro atoms. The third-order valence-electron chi connectivity index (χ3n) is 3.98. The predicted octanol–water partition coefficient (Wildman–Crippen LogP) is 4.27. The number of nitrogens with one attached hydrogen (secondary N) is 1. The lowest BCUT2D eigenvalue weighted by molar-refractivity contribution is -0.137. The van der Waals surface area contributed by atoms with E-state index in [1.807, 2.05) is 6.07 Å². The highest BCUT2D eigenvalue weighted by atomic mass is 19.4. The van der Waals surface area contributed by atoms with Crippen molar-refractivity contribution in [3.63, 3.8) is 0 Å². The van der Waals surface area contributed by atoms with Gasteiger partial charge in [-0.15, -0.1) is 0 Å². The molecular weight excluding hydrogens is 371 g/mol. The van der Waals surface area contributed by atoms with Crippen molar-refractivity contribution in [1.82, 2.24) is 14.6 Å². The number of carbonyl (C=O) groups is 1. The first-order valence-electron chi connectivity index (χ1n) is 8.28. The van der Waals surface area contributed by atoms with Gasteiger partial charge in [-0.25, -0.2) is 9.50 Å². The molecule has 0 atom stereocenters. The molecule has 0 aliphatic rings. The molecule has 1 aromatic carbocycles. The van der Waals surface area contributed by atoms with E-state index in [0.29, 0.717) is 16.9 Å². The number of rotatable bonds is 2.